The summed E-state index contributed by atoms with van der Waals surface area (Å²) in [6.07, 6.45) is 5.15. The summed E-state index contributed by atoms with van der Waals surface area (Å²) in [6, 6.07) is 3.63. The predicted molar refractivity (Wildman–Crippen MR) is 70.3 cm³/mol. The molecule has 1 aromatic heterocycles. The van der Waals surface area contributed by atoms with Crippen molar-refractivity contribution in [3.05, 3.63) is 24.5 Å². The van der Waals surface area contributed by atoms with Crippen molar-refractivity contribution in [1.29, 1.82) is 0 Å². The van der Waals surface area contributed by atoms with E-state index in [1.54, 1.807) is 25.4 Å². The number of pyridine rings is 1. The topological polar surface area (TPSA) is 62.3 Å². The summed E-state index contributed by atoms with van der Waals surface area (Å²) < 4.78 is 0. The second-order valence-corrected chi connectivity index (χ2v) is 5.54. The Kier molecular flexibility index (Phi) is 2.77. The molecule has 1 aromatic rings. The van der Waals surface area contributed by atoms with Gasteiger partial charge in [0.1, 0.15) is 0 Å². The Morgan fingerprint density at radius 2 is 2.37 bits per heavy atom. The summed E-state index contributed by atoms with van der Waals surface area (Å²) >= 11 is 0. The number of carbonyl (C=O) groups is 2. The molecule has 1 spiro atoms. The van der Waals surface area contributed by atoms with Crippen molar-refractivity contribution in [3.8, 4) is 0 Å². The third-order valence-corrected chi connectivity index (χ3v) is 4.27. The molecule has 1 N–H and O–H groups in total. The molecule has 2 fully saturated rings. The first kappa shape index (κ1) is 12.1. The quantitative estimate of drug-likeness (QED) is 0.870. The lowest BCUT2D eigenvalue weighted by molar-refractivity contribution is -0.128. The van der Waals surface area contributed by atoms with Crippen LogP contribution in [0.2, 0.25) is 0 Å². The number of hydrogen-bond donors (Lipinski definition) is 1. The Bertz CT molecular complexity index is 517. The second kappa shape index (κ2) is 4.33. The largest absolute Gasteiger partial charge is 0.342 e. The number of hydrogen-bond acceptors (Lipinski definition) is 3. The SMILES string of the molecule is CC(=O)N1CC[C@]2(C[C@@H]2C(=O)Nc2cccnc2)C1. The molecule has 2 atom stereocenters. The van der Waals surface area contributed by atoms with E-state index in [0.29, 0.717) is 0 Å². The third kappa shape index (κ3) is 2.20. The monoisotopic (exact) mass is 259 g/mol. The number of nitrogens with zero attached hydrogens (tertiary/aromatic N) is 2. The predicted octanol–water partition coefficient (Wildman–Crippen LogP) is 1.28. The lowest BCUT2D eigenvalue weighted by Gasteiger charge is -2.13. The van der Waals surface area contributed by atoms with Crippen LogP contribution in [0.25, 0.3) is 0 Å². The van der Waals surface area contributed by atoms with Crippen molar-refractivity contribution in [1.82, 2.24) is 9.88 Å². The van der Waals surface area contributed by atoms with E-state index < -0.39 is 0 Å². The highest BCUT2D eigenvalue weighted by atomic mass is 16.2. The van der Waals surface area contributed by atoms with Gasteiger partial charge in [0.25, 0.3) is 0 Å². The lowest BCUT2D eigenvalue weighted by Crippen LogP contribution is -2.27. The maximum atomic E-state index is 12.2. The molecule has 1 saturated carbocycles. The third-order valence-electron chi connectivity index (χ3n) is 4.27. The number of likely N-dealkylation sites (tertiary alicyclic amines) is 1. The van der Waals surface area contributed by atoms with E-state index >= 15 is 0 Å². The molecule has 19 heavy (non-hydrogen) atoms. The number of rotatable bonds is 2. The van der Waals surface area contributed by atoms with E-state index in [9.17, 15) is 9.59 Å². The van der Waals surface area contributed by atoms with Gasteiger partial charge in [0.2, 0.25) is 11.8 Å². The normalized spacial score (nSPS) is 28.5. The molecule has 5 nitrogen and oxygen atoms in total. The molecule has 5 heteroatoms. The first-order chi connectivity index (χ1) is 9.11. The molecule has 1 aliphatic carbocycles. The van der Waals surface area contributed by atoms with Crippen LogP contribution >= 0.6 is 0 Å². The zero-order chi connectivity index (χ0) is 13.5. The van der Waals surface area contributed by atoms with E-state index in [1.807, 2.05) is 11.0 Å². The number of carbonyl (C=O) groups excluding carboxylic acids is 2. The van der Waals surface area contributed by atoms with Crippen molar-refractivity contribution in [3.63, 3.8) is 0 Å². The van der Waals surface area contributed by atoms with Gasteiger partial charge >= 0.3 is 0 Å². The Morgan fingerprint density at radius 3 is 3.00 bits per heavy atom. The molecule has 0 aromatic carbocycles. The number of nitrogens with one attached hydrogen (secondary N) is 1. The maximum absolute atomic E-state index is 12.2. The molecule has 2 aliphatic rings. The smallest absolute Gasteiger partial charge is 0.228 e. The fourth-order valence-corrected chi connectivity index (χ4v) is 3.00. The van der Waals surface area contributed by atoms with Gasteiger partial charge in [-0.3, -0.25) is 14.6 Å². The maximum Gasteiger partial charge on any atom is 0.228 e. The highest BCUT2D eigenvalue weighted by molar-refractivity contribution is 5.95. The van der Waals surface area contributed by atoms with Crippen LogP contribution in [0.15, 0.2) is 24.5 Å². The first-order valence-corrected chi connectivity index (χ1v) is 6.57. The van der Waals surface area contributed by atoms with Gasteiger partial charge in [0.15, 0.2) is 0 Å². The average Bonchev–Trinajstić information content (AvgIpc) is 2.91. The summed E-state index contributed by atoms with van der Waals surface area (Å²) in [5, 5.41) is 2.89. The minimum Gasteiger partial charge on any atom is -0.342 e. The Hall–Kier alpha value is -1.91. The number of anilines is 1. The van der Waals surface area contributed by atoms with Crippen LogP contribution in [-0.4, -0.2) is 34.8 Å². The Labute approximate surface area is 112 Å². The molecular formula is C14H17N3O2. The summed E-state index contributed by atoms with van der Waals surface area (Å²) in [5.74, 6) is 0.200. The van der Waals surface area contributed by atoms with Crippen LogP contribution in [0.1, 0.15) is 19.8 Å². The minimum absolute atomic E-state index is 0.0389. The summed E-state index contributed by atoms with van der Waals surface area (Å²) in [5.41, 5.74) is 0.772. The van der Waals surface area contributed by atoms with Gasteiger partial charge in [-0.2, -0.15) is 0 Å². The lowest BCUT2D eigenvalue weighted by atomic mass is 10.0. The second-order valence-electron chi connectivity index (χ2n) is 5.54. The van der Waals surface area contributed by atoms with Crippen LogP contribution < -0.4 is 5.32 Å². The molecule has 1 aliphatic heterocycles. The van der Waals surface area contributed by atoms with Gasteiger partial charge in [0, 0.05) is 37.5 Å². The van der Waals surface area contributed by atoms with Crippen LogP contribution in [0.3, 0.4) is 0 Å². The summed E-state index contributed by atoms with van der Waals surface area (Å²) in [7, 11) is 0. The van der Waals surface area contributed by atoms with Gasteiger partial charge < -0.3 is 10.2 Å². The molecule has 3 rings (SSSR count). The number of amides is 2. The van der Waals surface area contributed by atoms with Crippen LogP contribution in [0.4, 0.5) is 5.69 Å². The highest BCUT2D eigenvalue weighted by Crippen LogP contribution is 2.58. The Balaban J connectivity index is 1.61. The van der Waals surface area contributed by atoms with Gasteiger partial charge in [-0.25, -0.2) is 0 Å². The average molecular weight is 259 g/mol. The van der Waals surface area contributed by atoms with Crippen molar-refractivity contribution in [2.45, 2.75) is 19.8 Å². The van der Waals surface area contributed by atoms with Crippen molar-refractivity contribution >= 4 is 17.5 Å². The van der Waals surface area contributed by atoms with Crippen LogP contribution in [-0.2, 0) is 9.59 Å². The van der Waals surface area contributed by atoms with Gasteiger partial charge in [-0.05, 0) is 25.0 Å². The van der Waals surface area contributed by atoms with Gasteiger partial charge in [0.05, 0.1) is 11.9 Å². The number of aromatic nitrogens is 1. The van der Waals surface area contributed by atoms with E-state index in [0.717, 1.165) is 31.6 Å². The highest BCUT2D eigenvalue weighted by Gasteiger charge is 2.61. The Morgan fingerprint density at radius 1 is 1.53 bits per heavy atom. The van der Waals surface area contributed by atoms with E-state index in [1.165, 1.54) is 0 Å². The molecule has 0 unspecified atom stereocenters. The van der Waals surface area contributed by atoms with E-state index in [2.05, 4.69) is 10.3 Å². The zero-order valence-electron chi connectivity index (χ0n) is 10.9. The van der Waals surface area contributed by atoms with E-state index in [-0.39, 0.29) is 23.1 Å². The van der Waals surface area contributed by atoms with Crippen LogP contribution in [0.5, 0.6) is 0 Å². The van der Waals surface area contributed by atoms with Crippen molar-refractivity contribution in [2.75, 3.05) is 18.4 Å². The molecule has 100 valence electrons. The molecule has 0 radical (unpaired) electrons. The molecule has 2 heterocycles. The van der Waals surface area contributed by atoms with Crippen LogP contribution in [0, 0.1) is 11.3 Å². The van der Waals surface area contributed by atoms with Gasteiger partial charge in [-0.15, -0.1) is 0 Å². The van der Waals surface area contributed by atoms with Gasteiger partial charge in [-0.1, -0.05) is 0 Å². The summed E-state index contributed by atoms with van der Waals surface area (Å²) in [4.78, 5) is 29.3. The van der Waals surface area contributed by atoms with E-state index in [4.69, 9.17) is 0 Å². The molecule has 0 bridgehead atoms. The molecular weight excluding hydrogens is 242 g/mol. The molecule has 1 saturated heterocycles. The standard InChI is InChI=1S/C14H17N3O2/c1-10(18)17-6-4-14(9-17)7-12(14)13(19)16-11-3-2-5-15-8-11/h2-3,5,8,12H,4,6-7,9H2,1H3,(H,16,19)/t12-,14+/m1/s1. The zero-order valence-corrected chi connectivity index (χ0v) is 10.9. The van der Waals surface area contributed by atoms with Crippen molar-refractivity contribution in [2.24, 2.45) is 11.3 Å². The summed E-state index contributed by atoms with van der Waals surface area (Å²) in [6.45, 7) is 3.10. The minimum atomic E-state index is 0.0389. The van der Waals surface area contributed by atoms with Crippen molar-refractivity contribution < 1.29 is 9.59 Å². The fraction of sp³-hybridized carbons (Fsp3) is 0.500. The molecule has 2 amide bonds. The first-order valence-electron chi connectivity index (χ1n) is 6.57. The fourth-order valence-electron chi connectivity index (χ4n) is 3.00.